The number of aromatic nitrogens is 1. The SMILES string of the molecule is NC(=S)c1ccc(S(=O)(=O)N2CCS(=O)CC2)cn1. The van der Waals surface area contributed by atoms with Gasteiger partial charge >= 0.3 is 0 Å². The van der Waals surface area contributed by atoms with Gasteiger partial charge in [0.15, 0.2) is 0 Å². The predicted octanol–water partition coefficient (Wildman–Crippen LogP) is -0.531. The standard InChI is InChI=1S/C10H13N3O3S3/c11-10(17)9-2-1-8(7-12-9)19(15,16)13-3-5-18(14)6-4-13/h1-2,7H,3-6H2,(H2,11,17). The van der Waals surface area contributed by atoms with Gasteiger partial charge in [-0.25, -0.2) is 8.42 Å². The van der Waals surface area contributed by atoms with Crippen LogP contribution in [0.2, 0.25) is 0 Å². The fourth-order valence-electron chi connectivity index (χ4n) is 1.69. The molecule has 0 spiro atoms. The van der Waals surface area contributed by atoms with Gasteiger partial charge in [0.1, 0.15) is 9.88 Å². The zero-order chi connectivity index (χ0) is 14.0. The summed E-state index contributed by atoms with van der Waals surface area (Å²) in [5, 5.41) is 0. The third kappa shape index (κ3) is 3.16. The highest BCUT2D eigenvalue weighted by Gasteiger charge is 2.28. The summed E-state index contributed by atoms with van der Waals surface area (Å²) >= 11 is 4.76. The highest BCUT2D eigenvalue weighted by Crippen LogP contribution is 2.16. The lowest BCUT2D eigenvalue weighted by Gasteiger charge is -2.25. The molecule has 0 unspecified atom stereocenters. The molecule has 2 rings (SSSR count). The number of nitrogens with zero attached hydrogens (tertiary/aromatic N) is 2. The van der Waals surface area contributed by atoms with Crippen molar-refractivity contribution in [1.82, 2.24) is 9.29 Å². The molecule has 1 fully saturated rings. The first-order chi connectivity index (χ1) is 8.91. The van der Waals surface area contributed by atoms with Crippen LogP contribution in [0.5, 0.6) is 0 Å². The van der Waals surface area contributed by atoms with Gasteiger partial charge in [-0.3, -0.25) is 9.19 Å². The molecule has 104 valence electrons. The second kappa shape index (κ2) is 5.61. The summed E-state index contributed by atoms with van der Waals surface area (Å²) in [7, 11) is -4.49. The Kier molecular flexibility index (Phi) is 4.29. The minimum Gasteiger partial charge on any atom is -0.388 e. The molecule has 2 N–H and O–H groups in total. The van der Waals surface area contributed by atoms with E-state index >= 15 is 0 Å². The van der Waals surface area contributed by atoms with E-state index in [1.54, 1.807) is 0 Å². The summed E-state index contributed by atoms with van der Waals surface area (Å²) in [5.74, 6) is 0.745. The third-order valence-corrected chi connectivity index (χ3v) is 6.13. The van der Waals surface area contributed by atoms with Gasteiger partial charge in [-0.05, 0) is 12.1 Å². The van der Waals surface area contributed by atoms with Crippen molar-refractivity contribution >= 4 is 38.0 Å². The maximum absolute atomic E-state index is 12.3. The second-order valence-electron chi connectivity index (χ2n) is 4.00. The maximum atomic E-state index is 12.3. The molecule has 0 aliphatic carbocycles. The van der Waals surface area contributed by atoms with Gasteiger partial charge < -0.3 is 5.73 Å². The molecule has 1 saturated heterocycles. The summed E-state index contributed by atoms with van der Waals surface area (Å²) in [6, 6.07) is 2.92. The Morgan fingerprint density at radius 2 is 2.00 bits per heavy atom. The lowest BCUT2D eigenvalue weighted by atomic mass is 10.3. The third-order valence-electron chi connectivity index (χ3n) is 2.76. The van der Waals surface area contributed by atoms with Gasteiger partial charge in [-0.2, -0.15) is 4.31 Å². The van der Waals surface area contributed by atoms with Gasteiger partial charge in [0.05, 0.1) is 5.69 Å². The predicted molar refractivity (Wildman–Crippen MR) is 76.8 cm³/mol. The molecule has 0 atom stereocenters. The Labute approximate surface area is 119 Å². The van der Waals surface area contributed by atoms with Crippen molar-refractivity contribution in [2.75, 3.05) is 24.6 Å². The van der Waals surface area contributed by atoms with Crippen molar-refractivity contribution in [2.24, 2.45) is 5.73 Å². The van der Waals surface area contributed by atoms with Crippen molar-refractivity contribution < 1.29 is 12.6 Å². The van der Waals surface area contributed by atoms with E-state index in [0.29, 0.717) is 17.2 Å². The van der Waals surface area contributed by atoms with Crippen LogP contribution < -0.4 is 5.73 Å². The zero-order valence-corrected chi connectivity index (χ0v) is 12.4. The molecule has 0 radical (unpaired) electrons. The Morgan fingerprint density at radius 1 is 1.37 bits per heavy atom. The molecular weight excluding hydrogens is 306 g/mol. The molecule has 6 nitrogen and oxygen atoms in total. The lowest BCUT2D eigenvalue weighted by Crippen LogP contribution is -2.41. The normalized spacial score (nSPS) is 18.3. The minimum atomic E-state index is -3.58. The number of thiocarbonyl (C=S) groups is 1. The zero-order valence-electron chi connectivity index (χ0n) is 9.98. The highest BCUT2D eigenvalue weighted by molar-refractivity contribution is 7.89. The van der Waals surface area contributed by atoms with Crippen molar-refractivity contribution in [2.45, 2.75) is 4.90 Å². The van der Waals surface area contributed by atoms with E-state index in [4.69, 9.17) is 18.0 Å². The fourth-order valence-corrected chi connectivity index (χ4v) is 4.48. The Hall–Kier alpha value is -0.900. The molecule has 9 heteroatoms. The van der Waals surface area contributed by atoms with Crippen LogP contribution in [0.3, 0.4) is 0 Å². The number of hydrogen-bond donors (Lipinski definition) is 1. The second-order valence-corrected chi connectivity index (χ2v) is 8.07. The van der Waals surface area contributed by atoms with Crippen molar-refractivity contribution in [3.63, 3.8) is 0 Å². The summed E-state index contributed by atoms with van der Waals surface area (Å²) in [5.41, 5.74) is 5.79. The first-order valence-corrected chi connectivity index (χ1v) is 8.86. The van der Waals surface area contributed by atoms with Crippen LogP contribution in [0.25, 0.3) is 0 Å². The van der Waals surface area contributed by atoms with E-state index < -0.39 is 20.8 Å². The van der Waals surface area contributed by atoms with E-state index in [1.165, 1.54) is 22.6 Å². The van der Waals surface area contributed by atoms with E-state index in [9.17, 15) is 12.6 Å². The van der Waals surface area contributed by atoms with Crippen LogP contribution >= 0.6 is 12.2 Å². The summed E-state index contributed by atoms with van der Waals surface area (Å²) in [4.78, 5) is 4.14. The van der Waals surface area contributed by atoms with Crippen molar-refractivity contribution in [1.29, 1.82) is 0 Å². The summed E-state index contributed by atoms with van der Waals surface area (Å²) < 4.78 is 37.2. The quantitative estimate of drug-likeness (QED) is 0.753. The van der Waals surface area contributed by atoms with Crippen LogP contribution in [-0.4, -0.2) is 51.5 Å². The number of pyridine rings is 1. The van der Waals surface area contributed by atoms with E-state index in [-0.39, 0.29) is 23.0 Å². The average Bonchev–Trinajstić information content (AvgIpc) is 2.39. The number of sulfonamides is 1. The minimum absolute atomic E-state index is 0.0974. The van der Waals surface area contributed by atoms with E-state index in [2.05, 4.69) is 4.98 Å². The Morgan fingerprint density at radius 3 is 2.47 bits per heavy atom. The molecule has 0 saturated carbocycles. The maximum Gasteiger partial charge on any atom is 0.244 e. The molecule has 0 bridgehead atoms. The molecular formula is C10H13N3O3S3. The van der Waals surface area contributed by atoms with Crippen LogP contribution in [0.15, 0.2) is 23.2 Å². The highest BCUT2D eigenvalue weighted by atomic mass is 32.2. The molecule has 2 heterocycles. The monoisotopic (exact) mass is 319 g/mol. The lowest BCUT2D eigenvalue weighted by molar-refractivity contribution is 0.438. The first kappa shape index (κ1) is 14.5. The van der Waals surface area contributed by atoms with E-state index in [1.807, 2.05) is 0 Å². The van der Waals surface area contributed by atoms with Crippen LogP contribution in [-0.2, 0) is 20.8 Å². The summed E-state index contributed by atoms with van der Waals surface area (Å²) in [6.07, 6.45) is 1.25. The molecule has 1 aromatic heterocycles. The molecule has 0 aromatic carbocycles. The molecule has 1 aliphatic rings. The average molecular weight is 319 g/mol. The molecule has 0 amide bonds. The van der Waals surface area contributed by atoms with Crippen molar-refractivity contribution in [3.8, 4) is 0 Å². The fraction of sp³-hybridized carbons (Fsp3) is 0.400. The van der Waals surface area contributed by atoms with Gasteiger partial charge in [0, 0.05) is 41.6 Å². The van der Waals surface area contributed by atoms with Gasteiger partial charge in [-0.1, -0.05) is 12.2 Å². The Balaban J connectivity index is 2.24. The molecule has 19 heavy (non-hydrogen) atoms. The van der Waals surface area contributed by atoms with Gasteiger partial charge in [-0.15, -0.1) is 0 Å². The number of nitrogens with two attached hydrogens (primary N) is 1. The molecule has 1 aliphatic heterocycles. The Bertz CT molecular complexity index is 603. The number of hydrogen-bond acceptors (Lipinski definition) is 5. The van der Waals surface area contributed by atoms with Gasteiger partial charge in [0.2, 0.25) is 10.0 Å². The topological polar surface area (TPSA) is 93.4 Å². The largest absolute Gasteiger partial charge is 0.388 e. The van der Waals surface area contributed by atoms with Crippen LogP contribution in [0, 0.1) is 0 Å². The summed E-state index contributed by atoms with van der Waals surface area (Å²) in [6.45, 7) is 0.540. The van der Waals surface area contributed by atoms with Crippen LogP contribution in [0.4, 0.5) is 0 Å². The number of rotatable bonds is 3. The van der Waals surface area contributed by atoms with Gasteiger partial charge in [0.25, 0.3) is 0 Å². The molecule has 1 aromatic rings. The van der Waals surface area contributed by atoms with E-state index in [0.717, 1.165) is 0 Å². The van der Waals surface area contributed by atoms with Crippen LogP contribution in [0.1, 0.15) is 5.69 Å². The first-order valence-electron chi connectivity index (χ1n) is 5.52. The van der Waals surface area contributed by atoms with Crippen molar-refractivity contribution in [3.05, 3.63) is 24.0 Å². The smallest absolute Gasteiger partial charge is 0.244 e.